The van der Waals surface area contributed by atoms with Crippen LogP contribution in [0.1, 0.15) is 38.5 Å². The van der Waals surface area contributed by atoms with Crippen LogP contribution in [-0.2, 0) is 9.47 Å². The summed E-state index contributed by atoms with van der Waals surface area (Å²) < 4.78 is 11.9. The average molecular weight is 225 g/mol. The first-order chi connectivity index (χ1) is 7.88. The van der Waals surface area contributed by atoms with Gasteiger partial charge in [-0.25, -0.2) is 0 Å². The van der Waals surface area contributed by atoms with Gasteiger partial charge in [-0.15, -0.1) is 0 Å². The predicted octanol–water partition coefficient (Wildman–Crippen LogP) is 1.71. The van der Waals surface area contributed by atoms with Gasteiger partial charge in [0.25, 0.3) is 0 Å². The molecule has 3 aliphatic rings. The summed E-state index contributed by atoms with van der Waals surface area (Å²) in [5.74, 6) is 0.631. The molecule has 3 fully saturated rings. The van der Waals surface area contributed by atoms with Gasteiger partial charge in [-0.1, -0.05) is 19.3 Å². The van der Waals surface area contributed by atoms with Crippen LogP contribution in [0.15, 0.2) is 0 Å². The van der Waals surface area contributed by atoms with E-state index in [1.54, 1.807) is 0 Å². The van der Waals surface area contributed by atoms with Gasteiger partial charge < -0.3 is 14.8 Å². The minimum atomic E-state index is 0.170. The lowest BCUT2D eigenvalue weighted by Crippen LogP contribution is -2.56. The molecule has 0 aromatic carbocycles. The highest BCUT2D eigenvalue weighted by Crippen LogP contribution is 2.36. The van der Waals surface area contributed by atoms with Crippen molar-refractivity contribution in [1.29, 1.82) is 0 Å². The van der Waals surface area contributed by atoms with E-state index in [4.69, 9.17) is 9.47 Å². The smallest absolute Gasteiger partial charge is 0.0810 e. The summed E-state index contributed by atoms with van der Waals surface area (Å²) in [6, 6.07) is 0. The highest BCUT2D eigenvalue weighted by atomic mass is 16.5. The maximum absolute atomic E-state index is 6.46. The molecule has 2 aliphatic heterocycles. The molecular formula is C13H23NO2. The largest absolute Gasteiger partial charge is 0.381 e. The third kappa shape index (κ3) is 2.13. The first kappa shape index (κ1) is 11.0. The molecule has 3 nitrogen and oxygen atoms in total. The summed E-state index contributed by atoms with van der Waals surface area (Å²) in [6.45, 7) is 3.92. The number of morpholine rings is 1. The third-order valence-electron chi connectivity index (χ3n) is 4.45. The van der Waals surface area contributed by atoms with E-state index >= 15 is 0 Å². The Morgan fingerprint density at radius 1 is 1.12 bits per heavy atom. The molecular weight excluding hydrogens is 202 g/mol. The van der Waals surface area contributed by atoms with Gasteiger partial charge >= 0.3 is 0 Å². The van der Waals surface area contributed by atoms with Crippen molar-refractivity contribution < 1.29 is 9.47 Å². The third-order valence-corrected chi connectivity index (χ3v) is 4.45. The monoisotopic (exact) mass is 225 g/mol. The van der Waals surface area contributed by atoms with Gasteiger partial charge in [0, 0.05) is 25.6 Å². The predicted molar refractivity (Wildman–Crippen MR) is 62.5 cm³/mol. The Bertz CT molecular complexity index is 227. The number of nitrogens with one attached hydrogen (secondary N) is 1. The lowest BCUT2D eigenvalue weighted by Gasteiger charge is -2.45. The van der Waals surface area contributed by atoms with E-state index < -0.39 is 0 Å². The maximum Gasteiger partial charge on any atom is 0.0810 e. The Balaban J connectivity index is 1.64. The van der Waals surface area contributed by atoms with Gasteiger partial charge in [0.2, 0.25) is 0 Å². The lowest BCUT2D eigenvalue weighted by molar-refractivity contribution is -0.151. The number of rotatable bonds is 1. The summed E-state index contributed by atoms with van der Waals surface area (Å²) in [5.41, 5.74) is 0.170. The molecule has 16 heavy (non-hydrogen) atoms. The number of ether oxygens (including phenoxy) is 2. The minimum Gasteiger partial charge on any atom is -0.381 e. The molecule has 0 aromatic rings. The first-order valence-corrected chi connectivity index (χ1v) is 6.84. The van der Waals surface area contributed by atoms with Crippen molar-refractivity contribution >= 4 is 0 Å². The van der Waals surface area contributed by atoms with Crippen LogP contribution in [0.2, 0.25) is 0 Å². The minimum absolute atomic E-state index is 0.170. The van der Waals surface area contributed by atoms with E-state index in [2.05, 4.69) is 5.32 Å². The van der Waals surface area contributed by atoms with Crippen molar-refractivity contribution in [3.63, 3.8) is 0 Å². The van der Waals surface area contributed by atoms with Crippen LogP contribution in [0.4, 0.5) is 0 Å². The van der Waals surface area contributed by atoms with Crippen molar-refractivity contribution in [1.82, 2.24) is 5.32 Å². The Labute approximate surface area is 97.9 Å². The van der Waals surface area contributed by atoms with E-state index in [1.807, 2.05) is 0 Å². The Kier molecular flexibility index (Phi) is 3.18. The molecule has 1 spiro atoms. The molecule has 1 N–H and O–H groups in total. The topological polar surface area (TPSA) is 30.5 Å². The molecule has 1 aliphatic carbocycles. The van der Waals surface area contributed by atoms with Crippen molar-refractivity contribution in [2.24, 2.45) is 5.92 Å². The van der Waals surface area contributed by atoms with Crippen LogP contribution in [0, 0.1) is 5.92 Å². The fourth-order valence-corrected chi connectivity index (χ4v) is 3.45. The zero-order valence-electron chi connectivity index (χ0n) is 10.0. The summed E-state index contributed by atoms with van der Waals surface area (Å²) in [7, 11) is 0. The van der Waals surface area contributed by atoms with Crippen LogP contribution >= 0.6 is 0 Å². The number of hydrogen-bond acceptors (Lipinski definition) is 3. The highest BCUT2D eigenvalue weighted by molar-refractivity contribution is 4.93. The van der Waals surface area contributed by atoms with Crippen LogP contribution in [-0.4, -0.2) is 38.0 Å². The molecule has 2 unspecified atom stereocenters. The first-order valence-electron chi connectivity index (χ1n) is 6.84. The van der Waals surface area contributed by atoms with Crippen molar-refractivity contribution in [2.75, 3.05) is 26.3 Å². The lowest BCUT2D eigenvalue weighted by atomic mass is 9.82. The van der Waals surface area contributed by atoms with Gasteiger partial charge in [-0.2, -0.15) is 0 Å². The molecule has 2 atom stereocenters. The van der Waals surface area contributed by atoms with Crippen molar-refractivity contribution in [2.45, 2.75) is 50.2 Å². The number of hydrogen-bond donors (Lipinski definition) is 1. The van der Waals surface area contributed by atoms with E-state index in [9.17, 15) is 0 Å². The normalized spacial score (nSPS) is 39.0. The van der Waals surface area contributed by atoms with E-state index in [0.717, 1.165) is 26.3 Å². The molecule has 0 amide bonds. The highest BCUT2D eigenvalue weighted by Gasteiger charge is 2.41. The van der Waals surface area contributed by atoms with Crippen LogP contribution in [0.5, 0.6) is 0 Å². The van der Waals surface area contributed by atoms with Gasteiger partial charge in [0.05, 0.1) is 18.3 Å². The van der Waals surface area contributed by atoms with Crippen molar-refractivity contribution in [3.8, 4) is 0 Å². The fourth-order valence-electron chi connectivity index (χ4n) is 3.45. The Hall–Kier alpha value is -0.120. The van der Waals surface area contributed by atoms with Gasteiger partial charge in [-0.05, 0) is 19.3 Å². The van der Waals surface area contributed by atoms with E-state index in [0.29, 0.717) is 12.0 Å². The molecule has 1 saturated carbocycles. The summed E-state index contributed by atoms with van der Waals surface area (Å²) in [5, 5.41) is 3.59. The zero-order chi connectivity index (χ0) is 10.8. The second-order valence-corrected chi connectivity index (χ2v) is 5.65. The SMILES string of the molecule is C1CCC2(CC1)CNCC(C1CCOC1)O2. The molecule has 0 aromatic heterocycles. The van der Waals surface area contributed by atoms with E-state index in [1.165, 1.54) is 38.5 Å². The van der Waals surface area contributed by atoms with Gasteiger partial charge in [0.1, 0.15) is 0 Å². The Morgan fingerprint density at radius 2 is 2.00 bits per heavy atom. The molecule has 0 radical (unpaired) electrons. The second-order valence-electron chi connectivity index (χ2n) is 5.65. The summed E-state index contributed by atoms with van der Waals surface area (Å²) in [4.78, 5) is 0. The second kappa shape index (κ2) is 4.63. The molecule has 2 heterocycles. The molecule has 3 rings (SSSR count). The fraction of sp³-hybridized carbons (Fsp3) is 1.00. The van der Waals surface area contributed by atoms with Crippen LogP contribution in [0.3, 0.4) is 0 Å². The van der Waals surface area contributed by atoms with Gasteiger partial charge in [0.15, 0.2) is 0 Å². The maximum atomic E-state index is 6.46. The van der Waals surface area contributed by atoms with Crippen LogP contribution in [0.25, 0.3) is 0 Å². The van der Waals surface area contributed by atoms with Crippen molar-refractivity contribution in [3.05, 3.63) is 0 Å². The molecule has 2 saturated heterocycles. The molecule has 92 valence electrons. The molecule has 3 heteroatoms. The zero-order valence-corrected chi connectivity index (χ0v) is 10.0. The summed E-state index contributed by atoms with van der Waals surface area (Å²) in [6.07, 6.45) is 8.17. The summed E-state index contributed by atoms with van der Waals surface area (Å²) >= 11 is 0. The molecule has 0 bridgehead atoms. The van der Waals surface area contributed by atoms with Crippen LogP contribution < -0.4 is 5.32 Å². The Morgan fingerprint density at radius 3 is 2.75 bits per heavy atom. The average Bonchev–Trinajstić information content (AvgIpc) is 2.83. The standard InChI is InChI=1S/C13H23NO2/c1-2-5-13(6-3-1)10-14-8-12(16-13)11-4-7-15-9-11/h11-12,14H,1-10H2. The van der Waals surface area contributed by atoms with Gasteiger partial charge in [-0.3, -0.25) is 0 Å². The quantitative estimate of drug-likeness (QED) is 0.737. The van der Waals surface area contributed by atoms with E-state index in [-0.39, 0.29) is 5.60 Å².